The van der Waals surface area contributed by atoms with E-state index in [0.29, 0.717) is 5.56 Å². The lowest BCUT2D eigenvalue weighted by atomic mass is 9.94. The third-order valence-electron chi connectivity index (χ3n) is 3.62. The van der Waals surface area contributed by atoms with E-state index in [1.54, 1.807) is 0 Å². The third kappa shape index (κ3) is 2.29. The molecule has 0 aliphatic heterocycles. The minimum Gasteiger partial charge on any atom is -0.383 e. The van der Waals surface area contributed by atoms with Gasteiger partial charge in [-0.3, -0.25) is 0 Å². The number of aromatic amines is 1. The molecule has 0 radical (unpaired) electrons. The molecule has 0 fully saturated rings. The van der Waals surface area contributed by atoms with E-state index in [4.69, 9.17) is 5.73 Å². The summed E-state index contributed by atoms with van der Waals surface area (Å²) in [7, 11) is 0. The van der Waals surface area contributed by atoms with Crippen molar-refractivity contribution in [3.63, 3.8) is 0 Å². The van der Waals surface area contributed by atoms with Gasteiger partial charge in [0.25, 0.3) is 0 Å². The number of nitriles is 1. The Morgan fingerprint density at radius 3 is 2.45 bits per heavy atom. The highest BCUT2D eigenvalue weighted by molar-refractivity contribution is 5.83. The molecule has 1 aromatic carbocycles. The SMILES string of the molecule is Cc1c(-c2ccccc2)nc(N)c(C#N)c1-c1ccc[nH+]c1. The Balaban J connectivity index is 2.34. The molecule has 3 N–H and O–H groups in total. The summed E-state index contributed by atoms with van der Waals surface area (Å²) in [5, 5.41) is 9.47. The van der Waals surface area contributed by atoms with Crippen molar-refractivity contribution < 1.29 is 4.98 Å². The fourth-order valence-electron chi connectivity index (χ4n) is 2.59. The lowest BCUT2D eigenvalue weighted by molar-refractivity contribution is -0.377. The van der Waals surface area contributed by atoms with Gasteiger partial charge in [0.05, 0.1) is 5.69 Å². The minimum atomic E-state index is 0.255. The second-order valence-electron chi connectivity index (χ2n) is 4.99. The van der Waals surface area contributed by atoms with Crippen LogP contribution in [0.25, 0.3) is 22.4 Å². The summed E-state index contributed by atoms with van der Waals surface area (Å²) in [5.41, 5.74) is 10.9. The van der Waals surface area contributed by atoms with Crippen LogP contribution in [0.15, 0.2) is 54.9 Å². The number of nitrogen functional groups attached to an aromatic ring is 1. The van der Waals surface area contributed by atoms with Gasteiger partial charge >= 0.3 is 0 Å². The Bertz CT molecular complexity index is 850. The lowest BCUT2D eigenvalue weighted by Crippen LogP contribution is -2.05. The molecule has 0 aliphatic carbocycles. The van der Waals surface area contributed by atoms with Gasteiger partial charge in [0.2, 0.25) is 0 Å². The van der Waals surface area contributed by atoms with Crippen molar-refractivity contribution in [3.8, 4) is 28.5 Å². The van der Waals surface area contributed by atoms with Crippen LogP contribution in [0.4, 0.5) is 5.82 Å². The Morgan fingerprint density at radius 1 is 1.09 bits per heavy atom. The van der Waals surface area contributed by atoms with Crippen LogP contribution in [0, 0.1) is 18.3 Å². The fraction of sp³-hybridized carbons (Fsp3) is 0.0556. The van der Waals surface area contributed by atoms with Crippen molar-refractivity contribution in [3.05, 3.63) is 66.0 Å². The highest BCUT2D eigenvalue weighted by Crippen LogP contribution is 2.34. The Morgan fingerprint density at radius 2 is 1.82 bits per heavy atom. The van der Waals surface area contributed by atoms with Gasteiger partial charge in [0.15, 0.2) is 12.4 Å². The molecule has 0 aliphatic rings. The van der Waals surface area contributed by atoms with Crippen molar-refractivity contribution in [2.45, 2.75) is 6.92 Å². The van der Waals surface area contributed by atoms with E-state index in [9.17, 15) is 5.26 Å². The zero-order valence-electron chi connectivity index (χ0n) is 12.2. The van der Waals surface area contributed by atoms with Crippen LogP contribution in [-0.4, -0.2) is 4.98 Å². The second kappa shape index (κ2) is 5.66. The normalized spacial score (nSPS) is 10.2. The molecule has 4 heteroatoms. The first-order chi connectivity index (χ1) is 10.7. The first-order valence-electron chi connectivity index (χ1n) is 6.94. The smallest absolute Gasteiger partial charge is 0.174 e. The summed E-state index contributed by atoms with van der Waals surface area (Å²) in [4.78, 5) is 7.49. The van der Waals surface area contributed by atoms with Crippen molar-refractivity contribution in [1.29, 1.82) is 5.26 Å². The summed E-state index contributed by atoms with van der Waals surface area (Å²) in [6, 6.07) is 15.9. The van der Waals surface area contributed by atoms with Crippen LogP contribution in [0.1, 0.15) is 11.1 Å². The summed E-state index contributed by atoms with van der Waals surface area (Å²) >= 11 is 0. The Hall–Kier alpha value is -3.19. The maximum atomic E-state index is 9.47. The number of aromatic nitrogens is 2. The van der Waals surface area contributed by atoms with Crippen molar-refractivity contribution in [1.82, 2.24) is 4.98 Å². The number of anilines is 1. The van der Waals surface area contributed by atoms with Gasteiger partial charge in [0.1, 0.15) is 17.5 Å². The molecule has 0 saturated carbocycles. The molecular formula is C18H15N4+. The first kappa shape index (κ1) is 13.8. The monoisotopic (exact) mass is 287 g/mol. The standard InChI is InChI=1S/C18H14N4/c1-12-16(14-8-5-9-21-11-14)15(10-19)18(20)22-17(12)13-6-3-2-4-7-13/h2-9,11H,1H3,(H2,20,22)/p+1. The predicted molar refractivity (Wildman–Crippen MR) is 85.5 cm³/mol. The highest BCUT2D eigenvalue weighted by Gasteiger charge is 2.18. The lowest BCUT2D eigenvalue weighted by Gasteiger charge is -2.13. The van der Waals surface area contributed by atoms with Gasteiger partial charge in [-0.1, -0.05) is 30.3 Å². The zero-order valence-corrected chi connectivity index (χ0v) is 12.2. The number of nitrogens with one attached hydrogen (secondary N) is 1. The van der Waals surface area contributed by atoms with Crippen LogP contribution < -0.4 is 10.7 Å². The molecule has 0 spiro atoms. The molecule has 3 rings (SSSR count). The molecule has 2 aromatic heterocycles. The molecular weight excluding hydrogens is 272 g/mol. The van der Waals surface area contributed by atoms with Crippen LogP contribution in [0.3, 0.4) is 0 Å². The minimum absolute atomic E-state index is 0.255. The molecule has 4 nitrogen and oxygen atoms in total. The fourth-order valence-corrected chi connectivity index (χ4v) is 2.59. The van der Waals surface area contributed by atoms with E-state index in [1.165, 1.54) is 0 Å². The summed E-state index contributed by atoms with van der Waals surface area (Å²) in [6.45, 7) is 1.97. The van der Waals surface area contributed by atoms with Crippen LogP contribution >= 0.6 is 0 Å². The quantitative estimate of drug-likeness (QED) is 0.787. The van der Waals surface area contributed by atoms with Crippen molar-refractivity contribution in [2.24, 2.45) is 0 Å². The average molecular weight is 287 g/mol. The number of rotatable bonds is 2. The molecule has 0 bridgehead atoms. The highest BCUT2D eigenvalue weighted by atomic mass is 14.9. The maximum Gasteiger partial charge on any atom is 0.174 e. The van der Waals surface area contributed by atoms with E-state index in [-0.39, 0.29) is 5.82 Å². The molecule has 0 amide bonds. The molecule has 0 saturated heterocycles. The van der Waals surface area contributed by atoms with Crippen molar-refractivity contribution >= 4 is 5.82 Å². The molecule has 0 unspecified atom stereocenters. The predicted octanol–water partition coefficient (Wildman–Crippen LogP) is 2.99. The molecule has 2 heterocycles. The van der Waals surface area contributed by atoms with Gasteiger partial charge in [-0.2, -0.15) is 5.26 Å². The van der Waals surface area contributed by atoms with Gasteiger partial charge in [-0.15, -0.1) is 0 Å². The number of benzene rings is 1. The molecule has 0 atom stereocenters. The number of nitrogens with zero attached hydrogens (tertiary/aromatic N) is 2. The van der Waals surface area contributed by atoms with Gasteiger partial charge in [-0.05, 0) is 18.6 Å². The summed E-state index contributed by atoms with van der Waals surface area (Å²) < 4.78 is 0. The molecule has 22 heavy (non-hydrogen) atoms. The topological polar surface area (TPSA) is 76.8 Å². The van der Waals surface area contributed by atoms with Crippen LogP contribution in [-0.2, 0) is 0 Å². The van der Waals surface area contributed by atoms with E-state index in [2.05, 4.69) is 16.0 Å². The number of hydrogen-bond acceptors (Lipinski definition) is 3. The van der Waals surface area contributed by atoms with Gasteiger partial charge in [-0.25, -0.2) is 9.97 Å². The molecule has 3 aromatic rings. The number of pyridine rings is 2. The molecule has 106 valence electrons. The number of nitrogens with two attached hydrogens (primary N) is 1. The average Bonchev–Trinajstić information content (AvgIpc) is 2.57. The van der Waals surface area contributed by atoms with Crippen LogP contribution in [0.5, 0.6) is 0 Å². The first-order valence-corrected chi connectivity index (χ1v) is 6.94. The summed E-state index contributed by atoms with van der Waals surface area (Å²) in [6.07, 6.45) is 3.69. The zero-order chi connectivity index (χ0) is 15.5. The van der Waals surface area contributed by atoms with Crippen LogP contribution in [0.2, 0.25) is 0 Å². The van der Waals surface area contributed by atoms with E-state index < -0.39 is 0 Å². The Labute approximate surface area is 128 Å². The van der Waals surface area contributed by atoms with E-state index in [0.717, 1.165) is 27.9 Å². The van der Waals surface area contributed by atoms with E-state index in [1.807, 2.05) is 61.8 Å². The second-order valence-corrected chi connectivity index (χ2v) is 4.99. The summed E-state index contributed by atoms with van der Waals surface area (Å²) in [5.74, 6) is 0.255. The maximum absolute atomic E-state index is 9.47. The van der Waals surface area contributed by atoms with Gasteiger partial charge < -0.3 is 5.73 Å². The largest absolute Gasteiger partial charge is 0.383 e. The third-order valence-corrected chi connectivity index (χ3v) is 3.62. The van der Waals surface area contributed by atoms with Gasteiger partial charge in [0, 0.05) is 22.8 Å². The number of hydrogen-bond donors (Lipinski definition) is 1. The number of H-pyrrole nitrogens is 1. The Kier molecular flexibility index (Phi) is 3.55. The van der Waals surface area contributed by atoms with E-state index >= 15 is 0 Å². The van der Waals surface area contributed by atoms with Crippen molar-refractivity contribution in [2.75, 3.05) is 5.73 Å².